The Kier molecular flexibility index (Phi) is 2.46. The fourth-order valence-electron chi connectivity index (χ4n) is 1.89. The van der Waals surface area contributed by atoms with E-state index in [2.05, 4.69) is 36.4 Å². The summed E-state index contributed by atoms with van der Waals surface area (Å²) in [5.74, 6) is 0.426. The first-order valence-corrected chi connectivity index (χ1v) is 4.85. The summed E-state index contributed by atoms with van der Waals surface area (Å²) < 4.78 is 0. The van der Waals surface area contributed by atoms with E-state index in [1.807, 2.05) is 6.07 Å². The van der Waals surface area contributed by atoms with Crippen LogP contribution >= 0.6 is 0 Å². The third-order valence-electron chi connectivity index (χ3n) is 2.66. The zero-order valence-electron chi connectivity index (χ0n) is 7.69. The molecule has 68 valence electrons. The molecule has 0 heterocycles. The van der Waals surface area contributed by atoms with E-state index in [1.165, 1.54) is 5.56 Å². The molecule has 2 rings (SSSR count). The second kappa shape index (κ2) is 3.75. The Balaban J connectivity index is 2.25. The molecule has 0 saturated heterocycles. The number of allylic oxidation sites excluding steroid dienone is 1. The first-order chi connectivity index (χ1) is 6.38. The molecule has 0 radical (unpaired) electrons. The van der Waals surface area contributed by atoms with E-state index in [4.69, 9.17) is 5.73 Å². The van der Waals surface area contributed by atoms with Crippen molar-refractivity contribution in [1.29, 1.82) is 0 Å². The van der Waals surface area contributed by atoms with E-state index in [0.717, 1.165) is 12.8 Å². The Bertz CT molecular complexity index is 289. The average Bonchev–Trinajstić information content (AvgIpc) is 2.20. The highest BCUT2D eigenvalue weighted by Gasteiger charge is 2.18. The van der Waals surface area contributed by atoms with Gasteiger partial charge in [0, 0.05) is 12.0 Å². The zero-order valence-corrected chi connectivity index (χ0v) is 7.69. The van der Waals surface area contributed by atoms with Crippen LogP contribution in [0.15, 0.2) is 42.5 Å². The summed E-state index contributed by atoms with van der Waals surface area (Å²) in [7, 11) is 0. The molecule has 0 aliphatic heterocycles. The van der Waals surface area contributed by atoms with Crippen LogP contribution in [0.4, 0.5) is 0 Å². The molecule has 1 heteroatoms. The first-order valence-electron chi connectivity index (χ1n) is 4.85. The highest BCUT2D eigenvalue weighted by molar-refractivity contribution is 5.27. The van der Waals surface area contributed by atoms with Crippen molar-refractivity contribution in [3.63, 3.8) is 0 Å². The van der Waals surface area contributed by atoms with Gasteiger partial charge in [0.1, 0.15) is 0 Å². The molecule has 0 amide bonds. The third kappa shape index (κ3) is 1.81. The van der Waals surface area contributed by atoms with Gasteiger partial charge < -0.3 is 5.73 Å². The van der Waals surface area contributed by atoms with Gasteiger partial charge in [0.2, 0.25) is 0 Å². The molecule has 0 spiro atoms. The van der Waals surface area contributed by atoms with Crippen molar-refractivity contribution in [3.8, 4) is 0 Å². The van der Waals surface area contributed by atoms with E-state index in [1.54, 1.807) is 0 Å². The van der Waals surface area contributed by atoms with Gasteiger partial charge in [0.15, 0.2) is 0 Å². The lowest BCUT2D eigenvalue weighted by molar-refractivity contribution is 0.545. The highest BCUT2D eigenvalue weighted by atomic mass is 14.6. The fraction of sp³-hybridized carbons (Fsp3) is 0.333. The van der Waals surface area contributed by atoms with Crippen LogP contribution in [-0.4, -0.2) is 6.04 Å². The SMILES string of the molecule is NC1CCC=CC1c1ccccc1. The van der Waals surface area contributed by atoms with Gasteiger partial charge in [0.05, 0.1) is 0 Å². The average molecular weight is 173 g/mol. The van der Waals surface area contributed by atoms with Gasteiger partial charge in [-0.05, 0) is 18.4 Å². The van der Waals surface area contributed by atoms with Crippen LogP contribution in [0.25, 0.3) is 0 Å². The van der Waals surface area contributed by atoms with Crippen LogP contribution in [0.1, 0.15) is 24.3 Å². The number of rotatable bonds is 1. The van der Waals surface area contributed by atoms with E-state index in [0.29, 0.717) is 12.0 Å². The quantitative estimate of drug-likeness (QED) is 0.648. The van der Waals surface area contributed by atoms with Crippen LogP contribution in [0, 0.1) is 0 Å². The first kappa shape index (κ1) is 8.52. The molecule has 2 unspecified atom stereocenters. The van der Waals surface area contributed by atoms with Gasteiger partial charge in [-0.2, -0.15) is 0 Å². The molecule has 0 bridgehead atoms. The Hall–Kier alpha value is -1.08. The molecule has 1 aromatic rings. The predicted octanol–water partition coefficient (Wildman–Crippen LogP) is 2.45. The lowest BCUT2D eigenvalue weighted by atomic mass is 9.85. The molecule has 1 aliphatic carbocycles. The predicted molar refractivity (Wildman–Crippen MR) is 55.5 cm³/mol. The molecule has 2 atom stereocenters. The van der Waals surface area contributed by atoms with Crippen LogP contribution in [-0.2, 0) is 0 Å². The summed E-state index contributed by atoms with van der Waals surface area (Å²) in [6.07, 6.45) is 6.71. The van der Waals surface area contributed by atoms with Crippen molar-refractivity contribution < 1.29 is 0 Å². The number of nitrogens with two attached hydrogens (primary N) is 1. The summed E-state index contributed by atoms with van der Waals surface area (Å²) in [5, 5.41) is 0. The van der Waals surface area contributed by atoms with Crippen molar-refractivity contribution in [1.82, 2.24) is 0 Å². The monoisotopic (exact) mass is 173 g/mol. The van der Waals surface area contributed by atoms with E-state index >= 15 is 0 Å². The van der Waals surface area contributed by atoms with Crippen LogP contribution < -0.4 is 5.73 Å². The van der Waals surface area contributed by atoms with Gasteiger partial charge in [-0.1, -0.05) is 42.5 Å². The highest BCUT2D eigenvalue weighted by Crippen LogP contribution is 2.26. The minimum Gasteiger partial charge on any atom is -0.327 e. The van der Waals surface area contributed by atoms with Crippen LogP contribution in [0.3, 0.4) is 0 Å². The minimum atomic E-state index is 0.299. The van der Waals surface area contributed by atoms with E-state index in [9.17, 15) is 0 Å². The summed E-state index contributed by atoms with van der Waals surface area (Å²) in [4.78, 5) is 0. The number of hydrogen-bond acceptors (Lipinski definition) is 1. The summed E-state index contributed by atoms with van der Waals surface area (Å²) in [6.45, 7) is 0. The van der Waals surface area contributed by atoms with Crippen molar-refractivity contribution in [3.05, 3.63) is 48.0 Å². The Morgan fingerprint density at radius 2 is 1.92 bits per heavy atom. The Morgan fingerprint density at radius 3 is 2.62 bits per heavy atom. The van der Waals surface area contributed by atoms with Crippen LogP contribution in [0.2, 0.25) is 0 Å². The summed E-state index contributed by atoms with van der Waals surface area (Å²) in [5.41, 5.74) is 7.40. The van der Waals surface area contributed by atoms with Gasteiger partial charge in [0.25, 0.3) is 0 Å². The molecule has 0 saturated carbocycles. The molecule has 2 N–H and O–H groups in total. The van der Waals surface area contributed by atoms with Gasteiger partial charge >= 0.3 is 0 Å². The molecule has 0 aromatic heterocycles. The van der Waals surface area contributed by atoms with Gasteiger partial charge in [-0.3, -0.25) is 0 Å². The van der Waals surface area contributed by atoms with E-state index in [-0.39, 0.29) is 0 Å². The summed E-state index contributed by atoms with van der Waals surface area (Å²) in [6, 6.07) is 10.8. The summed E-state index contributed by atoms with van der Waals surface area (Å²) >= 11 is 0. The second-order valence-corrected chi connectivity index (χ2v) is 3.61. The molecular weight excluding hydrogens is 158 g/mol. The molecule has 0 fully saturated rings. The molecule has 1 aromatic carbocycles. The largest absolute Gasteiger partial charge is 0.327 e. The van der Waals surface area contributed by atoms with Crippen molar-refractivity contribution in [2.24, 2.45) is 5.73 Å². The van der Waals surface area contributed by atoms with Gasteiger partial charge in [-0.15, -0.1) is 0 Å². The van der Waals surface area contributed by atoms with Crippen molar-refractivity contribution >= 4 is 0 Å². The molecular formula is C12H15N. The minimum absolute atomic E-state index is 0.299. The normalized spacial score (nSPS) is 27.5. The molecule has 1 aliphatic rings. The van der Waals surface area contributed by atoms with Crippen LogP contribution in [0.5, 0.6) is 0 Å². The van der Waals surface area contributed by atoms with Gasteiger partial charge in [-0.25, -0.2) is 0 Å². The van der Waals surface area contributed by atoms with Crippen molar-refractivity contribution in [2.45, 2.75) is 24.8 Å². The topological polar surface area (TPSA) is 26.0 Å². The maximum atomic E-state index is 6.06. The smallest absolute Gasteiger partial charge is 0.0170 e. The molecule has 13 heavy (non-hydrogen) atoms. The molecule has 1 nitrogen and oxygen atoms in total. The fourth-order valence-corrected chi connectivity index (χ4v) is 1.89. The maximum Gasteiger partial charge on any atom is 0.0170 e. The van der Waals surface area contributed by atoms with E-state index < -0.39 is 0 Å². The standard InChI is InChI=1S/C12H15N/c13-12-9-5-4-8-11(12)10-6-2-1-3-7-10/h1-4,6-8,11-12H,5,9,13H2. The van der Waals surface area contributed by atoms with Crippen molar-refractivity contribution in [2.75, 3.05) is 0 Å². The Morgan fingerprint density at radius 1 is 1.15 bits per heavy atom. The lowest BCUT2D eigenvalue weighted by Gasteiger charge is -2.24. The number of benzene rings is 1. The second-order valence-electron chi connectivity index (χ2n) is 3.61. The Labute approximate surface area is 79.3 Å². The zero-order chi connectivity index (χ0) is 9.10. The lowest BCUT2D eigenvalue weighted by Crippen LogP contribution is -2.28. The number of hydrogen-bond donors (Lipinski definition) is 1. The third-order valence-corrected chi connectivity index (χ3v) is 2.66. The maximum absolute atomic E-state index is 6.06.